The lowest BCUT2D eigenvalue weighted by Gasteiger charge is -2.18. The Labute approximate surface area is 407 Å². The number of hydrogen-bond donors (Lipinski definition) is 0. The first-order valence-corrected chi connectivity index (χ1v) is 27.6. The van der Waals surface area contributed by atoms with E-state index in [2.05, 4.69) is 106 Å². The van der Waals surface area contributed by atoms with E-state index in [1.54, 1.807) is 0 Å². The largest absolute Gasteiger partial charge is 0.462 e. The molecule has 66 heavy (non-hydrogen) atoms. The second-order valence-electron chi connectivity index (χ2n) is 18.1. The molecule has 0 spiro atoms. The minimum atomic E-state index is -0.796. The van der Waals surface area contributed by atoms with E-state index < -0.39 is 6.10 Å². The van der Waals surface area contributed by atoms with Gasteiger partial charge in [0.15, 0.2) is 6.10 Å². The third kappa shape index (κ3) is 51.6. The third-order valence-electron chi connectivity index (χ3n) is 11.6. The first-order valence-electron chi connectivity index (χ1n) is 27.6. The van der Waals surface area contributed by atoms with Crippen LogP contribution in [0.4, 0.5) is 0 Å². The molecule has 1 atom stereocenters. The van der Waals surface area contributed by atoms with Crippen molar-refractivity contribution in [1.29, 1.82) is 0 Å². The molecule has 0 heterocycles. The molecule has 0 rings (SSSR count). The highest BCUT2D eigenvalue weighted by molar-refractivity contribution is 5.71. The molecule has 0 fully saturated rings. The molecule has 0 unspecified atom stereocenters. The summed E-state index contributed by atoms with van der Waals surface area (Å²) in [6, 6.07) is 0. The van der Waals surface area contributed by atoms with E-state index in [1.165, 1.54) is 96.3 Å². The normalized spacial score (nSPS) is 12.7. The predicted molar refractivity (Wildman–Crippen MR) is 284 cm³/mol. The maximum atomic E-state index is 12.8. The Morgan fingerprint density at radius 1 is 0.303 bits per heavy atom. The van der Waals surface area contributed by atoms with E-state index in [0.717, 1.165) is 122 Å². The van der Waals surface area contributed by atoms with Crippen LogP contribution in [0.25, 0.3) is 0 Å². The standard InChI is InChI=1S/C60H102O6/c1-4-7-10-13-16-19-22-25-28-30-32-35-38-41-44-47-50-53-59(62)65-56-57(55-64-58(61)52-49-46-43-40-37-34-27-24-21-18-15-12-9-6-3)66-60(63)54-51-48-45-42-39-36-33-31-29-26-23-20-17-14-11-8-5-2/h15-20,24-29,32,35,57H,4-14,21-23,30-31,33-34,36-56H2,1-3H3/b18-15+,19-16+,20-17+,27-24+,28-25+,29-26+,35-32+/t57-/m1/s1. The van der Waals surface area contributed by atoms with Gasteiger partial charge in [0.05, 0.1) is 0 Å². The van der Waals surface area contributed by atoms with Gasteiger partial charge in [-0.25, -0.2) is 0 Å². The zero-order chi connectivity index (χ0) is 47.9. The summed E-state index contributed by atoms with van der Waals surface area (Å²) in [6.45, 7) is 6.51. The van der Waals surface area contributed by atoms with Gasteiger partial charge in [0.1, 0.15) is 13.2 Å². The number of carbonyl (C=O) groups is 3. The van der Waals surface area contributed by atoms with Gasteiger partial charge in [0.2, 0.25) is 0 Å². The van der Waals surface area contributed by atoms with Crippen LogP contribution in [0.15, 0.2) is 85.1 Å². The molecule has 378 valence electrons. The van der Waals surface area contributed by atoms with Crippen molar-refractivity contribution in [3.63, 3.8) is 0 Å². The van der Waals surface area contributed by atoms with Crippen molar-refractivity contribution in [2.75, 3.05) is 13.2 Å². The molecular weight excluding hydrogens is 817 g/mol. The van der Waals surface area contributed by atoms with Crippen LogP contribution in [0.5, 0.6) is 0 Å². The van der Waals surface area contributed by atoms with Gasteiger partial charge in [-0.2, -0.15) is 0 Å². The smallest absolute Gasteiger partial charge is 0.306 e. The number of carbonyl (C=O) groups excluding carboxylic acids is 3. The second-order valence-corrected chi connectivity index (χ2v) is 18.1. The maximum absolute atomic E-state index is 12.8. The molecule has 0 aliphatic carbocycles. The van der Waals surface area contributed by atoms with Crippen molar-refractivity contribution in [1.82, 2.24) is 0 Å². The minimum Gasteiger partial charge on any atom is -0.462 e. The third-order valence-corrected chi connectivity index (χ3v) is 11.6. The fraction of sp³-hybridized carbons (Fsp3) is 0.717. The predicted octanol–water partition coefficient (Wildman–Crippen LogP) is 18.4. The molecule has 0 bridgehead atoms. The molecule has 0 aromatic heterocycles. The van der Waals surface area contributed by atoms with Crippen LogP contribution in [0.2, 0.25) is 0 Å². The van der Waals surface area contributed by atoms with Crippen molar-refractivity contribution in [2.24, 2.45) is 0 Å². The van der Waals surface area contributed by atoms with E-state index in [0.29, 0.717) is 19.3 Å². The zero-order valence-electron chi connectivity index (χ0n) is 43.2. The molecule has 0 aromatic carbocycles. The SMILES string of the molecule is CCCC/C=C/C/C=C/CCCCCCCC(=O)OC[C@H](COC(=O)CCCCCC/C=C/C/C=C/C/C=C/CCCCC)OC(=O)CCCCCCCCC/C=C/C/C=C/CCCCC. The number of allylic oxidation sites excluding steroid dienone is 14. The molecule has 0 amide bonds. The molecule has 6 heteroatoms. The molecule has 0 N–H and O–H groups in total. The van der Waals surface area contributed by atoms with Gasteiger partial charge in [-0.05, 0) is 116 Å². The summed E-state index contributed by atoms with van der Waals surface area (Å²) in [5.41, 5.74) is 0. The molecule has 0 aliphatic rings. The average Bonchev–Trinajstić information content (AvgIpc) is 3.31. The summed E-state index contributed by atoms with van der Waals surface area (Å²) in [6.07, 6.45) is 69.9. The molecule has 0 aliphatic heterocycles. The van der Waals surface area contributed by atoms with Crippen LogP contribution in [0.3, 0.4) is 0 Å². The van der Waals surface area contributed by atoms with Crippen molar-refractivity contribution < 1.29 is 28.6 Å². The second kappa shape index (κ2) is 54.2. The topological polar surface area (TPSA) is 78.9 Å². The van der Waals surface area contributed by atoms with Crippen molar-refractivity contribution in [3.8, 4) is 0 Å². The van der Waals surface area contributed by atoms with Crippen LogP contribution in [-0.4, -0.2) is 37.2 Å². The highest BCUT2D eigenvalue weighted by Gasteiger charge is 2.19. The summed E-state index contributed by atoms with van der Waals surface area (Å²) in [7, 11) is 0. The van der Waals surface area contributed by atoms with E-state index >= 15 is 0 Å². The quantitative estimate of drug-likeness (QED) is 0.0262. The van der Waals surface area contributed by atoms with Gasteiger partial charge < -0.3 is 14.2 Å². The summed E-state index contributed by atoms with van der Waals surface area (Å²) in [5.74, 6) is -0.935. The highest BCUT2D eigenvalue weighted by atomic mass is 16.6. The Hall–Kier alpha value is -3.41. The minimum absolute atomic E-state index is 0.0948. The Balaban J connectivity index is 4.46. The molecule has 0 saturated carbocycles. The number of esters is 3. The number of unbranched alkanes of at least 4 members (excludes halogenated alkanes) is 24. The fourth-order valence-corrected chi connectivity index (χ4v) is 7.38. The van der Waals surface area contributed by atoms with E-state index in [1.807, 2.05) is 0 Å². The Morgan fingerprint density at radius 2 is 0.561 bits per heavy atom. The lowest BCUT2D eigenvalue weighted by molar-refractivity contribution is -0.167. The van der Waals surface area contributed by atoms with Crippen LogP contribution in [0.1, 0.15) is 258 Å². The molecule has 0 saturated heterocycles. The summed E-state index contributed by atoms with van der Waals surface area (Å²) in [5, 5.41) is 0. The van der Waals surface area contributed by atoms with Crippen molar-refractivity contribution >= 4 is 17.9 Å². The van der Waals surface area contributed by atoms with Crippen LogP contribution >= 0.6 is 0 Å². The van der Waals surface area contributed by atoms with Gasteiger partial charge in [0.25, 0.3) is 0 Å². The van der Waals surface area contributed by atoms with Crippen LogP contribution in [-0.2, 0) is 28.6 Å². The van der Waals surface area contributed by atoms with Crippen molar-refractivity contribution in [2.45, 2.75) is 264 Å². The Morgan fingerprint density at radius 3 is 0.894 bits per heavy atom. The van der Waals surface area contributed by atoms with Crippen LogP contribution < -0.4 is 0 Å². The van der Waals surface area contributed by atoms with Crippen molar-refractivity contribution in [3.05, 3.63) is 85.1 Å². The lowest BCUT2D eigenvalue weighted by Crippen LogP contribution is -2.30. The highest BCUT2D eigenvalue weighted by Crippen LogP contribution is 2.14. The first-order chi connectivity index (χ1) is 32.5. The molecule has 0 aromatic rings. The summed E-state index contributed by atoms with van der Waals surface area (Å²) in [4.78, 5) is 38.1. The van der Waals surface area contributed by atoms with E-state index in [4.69, 9.17) is 14.2 Å². The lowest BCUT2D eigenvalue weighted by atomic mass is 10.1. The van der Waals surface area contributed by atoms with Gasteiger partial charge in [0, 0.05) is 19.3 Å². The number of hydrogen-bond acceptors (Lipinski definition) is 6. The van der Waals surface area contributed by atoms with E-state index in [9.17, 15) is 14.4 Å². The zero-order valence-corrected chi connectivity index (χ0v) is 43.2. The Bertz CT molecular complexity index is 1290. The monoisotopic (exact) mass is 919 g/mol. The van der Waals surface area contributed by atoms with Gasteiger partial charge in [-0.1, -0.05) is 209 Å². The summed E-state index contributed by atoms with van der Waals surface area (Å²) < 4.78 is 16.8. The fourth-order valence-electron chi connectivity index (χ4n) is 7.38. The average molecular weight is 919 g/mol. The summed E-state index contributed by atoms with van der Waals surface area (Å²) >= 11 is 0. The molecule has 6 nitrogen and oxygen atoms in total. The van der Waals surface area contributed by atoms with E-state index in [-0.39, 0.29) is 31.1 Å². The van der Waals surface area contributed by atoms with Gasteiger partial charge in [-0.3, -0.25) is 14.4 Å². The van der Waals surface area contributed by atoms with Gasteiger partial charge in [-0.15, -0.1) is 0 Å². The van der Waals surface area contributed by atoms with Gasteiger partial charge >= 0.3 is 17.9 Å². The molecule has 0 radical (unpaired) electrons. The number of rotatable bonds is 49. The van der Waals surface area contributed by atoms with Crippen LogP contribution in [0, 0.1) is 0 Å². The number of ether oxygens (including phenoxy) is 3. The molecular formula is C60H102O6. The Kier molecular flexibility index (Phi) is 51.4. The first kappa shape index (κ1) is 62.6. The maximum Gasteiger partial charge on any atom is 0.306 e.